The molecule has 13 heavy (non-hydrogen) atoms. The van der Waals surface area contributed by atoms with Gasteiger partial charge in [-0.2, -0.15) is 0 Å². The fourth-order valence-electron chi connectivity index (χ4n) is 2.40. The molecule has 1 fully saturated rings. The van der Waals surface area contributed by atoms with Crippen molar-refractivity contribution in [2.75, 3.05) is 6.54 Å². The Morgan fingerprint density at radius 1 is 1.38 bits per heavy atom. The molecule has 1 unspecified atom stereocenters. The van der Waals surface area contributed by atoms with Crippen molar-refractivity contribution in [2.45, 2.75) is 40.5 Å². The molecule has 0 aliphatic carbocycles. The third-order valence-electron chi connectivity index (χ3n) is 3.19. The van der Waals surface area contributed by atoms with E-state index in [9.17, 15) is 4.79 Å². The van der Waals surface area contributed by atoms with E-state index >= 15 is 0 Å². The highest BCUT2D eigenvalue weighted by molar-refractivity contribution is 5.84. The number of hydrogen-bond donors (Lipinski definition) is 1. The van der Waals surface area contributed by atoms with E-state index in [0.29, 0.717) is 11.8 Å². The molecular weight excluding hydrogens is 162 g/mol. The molecule has 2 heteroatoms. The van der Waals surface area contributed by atoms with Crippen molar-refractivity contribution in [3.8, 4) is 0 Å². The number of rotatable bonds is 3. The van der Waals surface area contributed by atoms with Gasteiger partial charge in [0.2, 0.25) is 5.91 Å². The van der Waals surface area contributed by atoms with Crippen molar-refractivity contribution in [3.63, 3.8) is 0 Å². The van der Waals surface area contributed by atoms with E-state index in [1.807, 2.05) is 0 Å². The van der Waals surface area contributed by atoms with E-state index < -0.39 is 0 Å². The number of nitrogens with one attached hydrogen (secondary N) is 1. The van der Waals surface area contributed by atoms with Crippen LogP contribution in [0.5, 0.6) is 0 Å². The van der Waals surface area contributed by atoms with Gasteiger partial charge in [0.25, 0.3) is 0 Å². The zero-order valence-electron chi connectivity index (χ0n) is 9.18. The predicted octanol–water partition coefficient (Wildman–Crippen LogP) is 2.19. The lowest BCUT2D eigenvalue weighted by Gasteiger charge is -2.32. The summed E-state index contributed by atoms with van der Waals surface area (Å²) in [5.74, 6) is 1.33. The summed E-state index contributed by atoms with van der Waals surface area (Å²) in [6.45, 7) is 9.57. The van der Waals surface area contributed by atoms with Crippen LogP contribution in [0.1, 0.15) is 40.5 Å². The van der Waals surface area contributed by atoms with E-state index in [1.165, 1.54) is 0 Å². The average Bonchev–Trinajstić information content (AvgIpc) is 2.32. The summed E-state index contributed by atoms with van der Waals surface area (Å²) in [5.41, 5.74) is -0.0752. The van der Waals surface area contributed by atoms with Gasteiger partial charge < -0.3 is 5.32 Å². The summed E-state index contributed by atoms with van der Waals surface area (Å²) in [5, 5.41) is 2.96. The molecule has 1 amide bonds. The van der Waals surface area contributed by atoms with Crippen LogP contribution in [0.3, 0.4) is 0 Å². The molecule has 2 nitrogen and oxygen atoms in total. The fraction of sp³-hybridized carbons (Fsp3) is 0.909. The molecule has 0 spiro atoms. The molecule has 0 aromatic heterocycles. The standard InChI is InChI=1S/C11H21NO/c1-8(2)7-11(9(3)4)5-6-12-10(11)13/h8-9H,5-7H2,1-4H3,(H,12,13). The van der Waals surface area contributed by atoms with Crippen LogP contribution in [0.2, 0.25) is 0 Å². The van der Waals surface area contributed by atoms with Crippen molar-refractivity contribution >= 4 is 5.91 Å². The predicted molar refractivity (Wildman–Crippen MR) is 54.4 cm³/mol. The lowest BCUT2D eigenvalue weighted by Crippen LogP contribution is -2.37. The third-order valence-corrected chi connectivity index (χ3v) is 3.19. The van der Waals surface area contributed by atoms with Gasteiger partial charge in [0.15, 0.2) is 0 Å². The van der Waals surface area contributed by atoms with Crippen LogP contribution in [0.15, 0.2) is 0 Å². The van der Waals surface area contributed by atoms with E-state index in [2.05, 4.69) is 33.0 Å². The summed E-state index contributed by atoms with van der Waals surface area (Å²) < 4.78 is 0. The second-order valence-corrected chi connectivity index (χ2v) is 4.91. The summed E-state index contributed by atoms with van der Waals surface area (Å²) in [6.07, 6.45) is 2.04. The minimum atomic E-state index is -0.0752. The van der Waals surface area contributed by atoms with Gasteiger partial charge in [-0.3, -0.25) is 4.79 Å². The number of carbonyl (C=O) groups excluding carboxylic acids is 1. The zero-order valence-corrected chi connectivity index (χ0v) is 9.18. The number of carbonyl (C=O) groups is 1. The maximum atomic E-state index is 11.8. The van der Waals surface area contributed by atoms with Gasteiger partial charge in [-0.05, 0) is 24.7 Å². The van der Waals surface area contributed by atoms with Gasteiger partial charge in [-0.15, -0.1) is 0 Å². The summed E-state index contributed by atoms with van der Waals surface area (Å²) in [4.78, 5) is 11.8. The molecule has 1 aliphatic heterocycles. The van der Waals surface area contributed by atoms with E-state index in [0.717, 1.165) is 19.4 Å². The van der Waals surface area contributed by atoms with E-state index in [1.54, 1.807) is 0 Å². The van der Waals surface area contributed by atoms with Gasteiger partial charge in [0.1, 0.15) is 0 Å². The van der Waals surface area contributed by atoms with Crippen LogP contribution in [0, 0.1) is 17.3 Å². The first-order valence-corrected chi connectivity index (χ1v) is 5.27. The van der Waals surface area contributed by atoms with Gasteiger partial charge >= 0.3 is 0 Å². The molecule has 1 saturated heterocycles. The summed E-state index contributed by atoms with van der Waals surface area (Å²) in [7, 11) is 0. The fourth-order valence-corrected chi connectivity index (χ4v) is 2.40. The van der Waals surface area contributed by atoms with Gasteiger partial charge in [-0.1, -0.05) is 27.7 Å². The molecule has 1 atom stereocenters. The SMILES string of the molecule is CC(C)CC1(C(C)C)CCNC1=O. The van der Waals surface area contributed by atoms with Crippen molar-refractivity contribution in [1.29, 1.82) is 0 Å². The Bertz CT molecular complexity index is 198. The van der Waals surface area contributed by atoms with Gasteiger partial charge in [-0.25, -0.2) is 0 Å². The molecule has 1 heterocycles. The van der Waals surface area contributed by atoms with Crippen LogP contribution in [0.4, 0.5) is 0 Å². The number of hydrogen-bond acceptors (Lipinski definition) is 1. The minimum Gasteiger partial charge on any atom is -0.356 e. The third kappa shape index (κ3) is 1.87. The zero-order chi connectivity index (χ0) is 10.1. The van der Waals surface area contributed by atoms with Crippen LogP contribution >= 0.6 is 0 Å². The highest BCUT2D eigenvalue weighted by Gasteiger charge is 2.44. The maximum Gasteiger partial charge on any atom is 0.226 e. The minimum absolute atomic E-state index is 0.0752. The van der Waals surface area contributed by atoms with Crippen molar-refractivity contribution in [2.24, 2.45) is 17.3 Å². The Morgan fingerprint density at radius 2 is 2.00 bits per heavy atom. The van der Waals surface area contributed by atoms with E-state index in [4.69, 9.17) is 0 Å². The second-order valence-electron chi connectivity index (χ2n) is 4.91. The Labute approximate surface area is 81.1 Å². The Hall–Kier alpha value is -0.530. The Morgan fingerprint density at radius 3 is 2.31 bits per heavy atom. The Balaban J connectivity index is 2.81. The van der Waals surface area contributed by atoms with E-state index in [-0.39, 0.29) is 11.3 Å². The second kappa shape index (κ2) is 3.69. The molecule has 1 aliphatic rings. The lowest BCUT2D eigenvalue weighted by molar-refractivity contribution is -0.130. The molecular formula is C11H21NO. The van der Waals surface area contributed by atoms with Crippen molar-refractivity contribution in [1.82, 2.24) is 5.32 Å². The molecule has 0 radical (unpaired) electrons. The molecule has 0 aromatic rings. The first kappa shape index (κ1) is 10.6. The highest BCUT2D eigenvalue weighted by atomic mass is 16.2. The first-order chi connectivity index (χ1) is 5.99. The monoisotopic (exact) mass is 183 g/mol. The van der Waals surface area contributed by atoms with Crippen LogP contribution in [-0.2, 0) is 4.79 Å². The van der Waals surface area contributed by atoms with Crippen molar-refractivity contribution < 1.29 is 4.79 Å². The summed E-state index contributed by atoms with van der Waals surface area (Å²) >= 11 is 0. The van der Waals surface area contributed by atoms with Gasteiger partial charge in [0.05, 0.1) is 5.41 Å². The highest BCUT2D eigenvalue weighted by Crippen LogP contribution is 2.40. The topological polar surface area (TPSA) is 29.1 Å². The normalized spacial score (nSPS) is 28.6. The molecule has 1 rings (SSSR count). The van der Waals surface area contributed by atoms with Crippen LogP contribution in [0.25, 0.3) is 0 Å². The van der Waals surface area contributed by atoms with Crippen LogP contribution < -0.4 is 5.32 Å². The van der Waals surface area contributed by atoms with Crippen LogP contribution in [-0.4, -0.2) is 12.5 Å². The molecule has 0 bridgehead atoms. The summed E-state index contributed by atoms with van der Waals surface area (Å²) in [6, 6.07) is 0. The molecule has 0 saturated carbocycles. The molecule has 1 N–H and O–H groups in total. The quantitative estimate of drug-likeness (QED) is 0.714. The maximum absolute atomic E-state index is 11.8. The number of amides is 1. The Kier molecular flexibility index (Phi) is 2.99. The average molecular weight is 183 g/mol. The molecule has 76 valence electrons. The lowest BCUT2D eigenvalue weighted by atomic mass is 9.70. The van der Waals surface area contributed by atoms with Crippen molar-refractivity contribution in [3.05, 3.63) is 0 Å². The first-order valence-electron chi connectivity index (χ1n) is 5.27. The molecule has 0 aromatic carbocycles. The largest absolute Gasteiger partial charge is 0.356 e. The smallest absolute Gasteiger partial charge is 0.226 e. The van der Waals surface area contributed by atoms with Gasteiger partial charge in [0, 0.05) is 6.54 Å².